The summed E-state index contributed by atoms with van der Waals surface area (Å²) in [7, 11) is 0. The highest BCUT2D eigenvalue weighted by Gasteiger charge is 2.05. The first-order valence-corrected chi connectivity index (χ1v) is 7.43. The molecule has 0 fully saturated rings. The summed E-state index contributed by atoms with van der Waals surface area (Å²) in [5.41, 5.74) is 7.82. The quantitative estimate of drug-likeness (QED) is 0.762. The normalized spacial score (nSPS) is 12.0. The van der Waals surface area contributed by atoms with Gasteiger partial charge in [-0.15, -0.1) is 0 Å². The number of nitrogens with two attached hydrogens (primary N) is 1. The van der Waals surface area contributed by atoms with E-state index in [-0.39, 0.29) is 0 Å². The average Bonchev–Trinajstić information content (AvgIpc) is 2.47. The number of hydrogen-bond acceptors (Lipinski definition) is 3. The Morgan fingerprint density at radius 1 is 0.952 bits per heavy atom. The van der Waals surface area contributed by atoms with Crippen molar-refractivity contribution in [1.29, 1.82) is 0 Å². The van der Waals surface area contributed by atoms with E-state index < -0.39 is 0 Å². The summed E-state index contributed by atoms with van der Waals surface area (Å²) in [6.45, 7) is 6.96. The predicted octanol–water partition coefficient (Wildman–Crippen LogP) is 4.97. The van der Waals surface area contributed by atoms with E-state index in [1.165, 1.54) is 5.56 Å². The highest BCUT2D eigenvalue weighted by molar-refractivity contribution is 5.51. The zero-order valence-corrected chi connectivity index (χ0v) is 12.9. The van der Waals surface area contributed by atoms with E-state index in [9.17, 15) is 0 Å². The van der Waals surface area contributed by atoms with Crippen molar-refractivity contribution in [2.45, 2.75) is 33.1 Å². The first kappa shape index (κ1) is 15.2. The molecule has 1 atom stereocenters. The molecular formula is C18H23NO2. The van der Waals surface area contributed by atoms with Gasteiger partial charge in [-0.1, -0.05) is 26.0 Å². The van der Waals surface area contributed by atoms with Crippen molar-refractivity contribution >= 4 is 5.69 Å². The molecular weight excluding hydrogens is 262 g/mol. The van der Waals surface area contributed by atoms with Gasteiger partial charge in [0.15, 0.2) is 0 Å². The summed E-state index contributed by atoms with van der Waals surface area (Å²) in [6.07, 6.45) is 1.13. The molecule has 0 bridgehead atoms. The average molecular weight is 285 g/mol. The topological polar surface area (TPSA) is 44.5 Å². The molecule has 2 rings (SSSR count). The van der Waals surface area contributed by atoms with Crippen LogP contribution in [-0.2, 0) is 0 Å². The van der Waals surface area contributed by atoms with Crippen molar-refractivity contribution in [3.8, 4) is 17.2 Å². The monoisotopic (exact) mass is 285 g/mol. The molecule has 2 N–H and O–H groups in total. The highest BCUT2D eigenvalue weighted by Crippen LogP contribution is 2.29. The van der Waals surface area contributed by atoms with E-state index in [0.29, 0.717) is 24.0 Å². The number of hydrogen-bond donors (Lipinski definition) is 1. The largest absolute Gasteiger partial charge is 0.494 e. The summed E-state index contributed by atoms with van der Waals surface area (Å²) in [4.78, 5) is 0. The smallest absolute Gasteiger partial charge is 0.133 e. The van der Waals surface area contributed by atoms with Crippen LogP contribution < -0.4 is 15.2 Å². The molecule has 0 saturated heterocycles. The number of benzene rings is 2. The lowest BCUT2D eigenvalue weighted by Gasteiger charge is -2.12. The van der Waals surface area contributed by atoms with Gasteiger partial charge in [-0.2, -0.15) is 0 Å². The molecule has 2 aromatic rings. The predicted molar refractivity (Wildman–Crippen MR) is 87.2 cm³/mol. The van der Waals surface area contributed by atoms with Crippen molar-refractivity contribution in [3.63, 3.8) is 0 Å². The van der Waals surface area contributed by atoms with Crippen molar-refractivity contribution in [1.82, 2.24) is 0 Å². The minimum Gasteiger partial charge on any atom is -0.494 e. The van der Waals surface area contributed by atoms with Gasteiger partial charge in [0, 0.05) is 23.9 Å². The van der Waals surface area contributed by atoms with Gasteiger partial charge >= 0.3 is 0 Å². The maximum Gasteiger partial charge on any atom is 0.133 e. The molecule has 3 heteroatoms. The molecule has 0 aliphatic carbocycles. The molecule has 0 radical (unpaired) electrons. The van der Waals surface area contributed by atoms with Crippen LogP contribution in [0.2, 0.25) is 0 Å². The molecule has 0 aliphatic rings. The molecule has 0 saturated carbocycles. The lowest BCUT2D eigenvalue weighted by atomic mass is 9.99. The molecule has 3 nitrogen and oxygen atoms in total. The Labute approximate surface area is 126 Å². The number of rotatable bonds is 6. The lowest BCUT2D eigenvalue weighted by Crippen LogP contribution is -1.95. The molecule has 21 heavy (non-hydrogen) atoms. The Kier molecular flexibility index (Phi) is 5.09. The van der Waals surface area contributed by atoms with Crippen molar-refractivity contribution in [2.75, 3.05) is 12.3 Å². The van der Waals surface area contributed by atoms with Gasteiger partial charge in [0.1, 0.15) is 17.2 Å². The second-order valence-electron chi connectivity index (χ2n) is 5.15. The van der Waals surface area contributed by atoms with Crippen LogP contribution in [0.1, 0.15) is 38.7 Å². The third-order valence-electron chi connectivity index (χ3n) is 3.51. The maximum atomic E-state index is 5.87. The molecule has 1 unspecified atom stereocenters. The van der Waals surface area contributed by atoms with Crippen LogP contribution in [0.3, 0.4) is 0 Å². The summed E-state index contributed by atoms with van der Waals surface area (Å²) in [6, 6.07) is 13.6. The van der Waals surface area contributed by atoms with Gasteiger partial charge in [0.05, 0.1) is 6.61 Å². The summed E-state index contributed by atoms with van der Waals surface area (Å²) < 4.78 is 11.3. The lowest BCUT2D eigenvalue weighted by molar-refractivity contribution is 0.338. The van der Waals surface area contributed by atoms with Crippen molar-refractivity contribution in [2.24, 2.45) is 0 Å². The zero-order valence-electron chi connectivity index (χ0n) is 12.9. The van der Waals surface area contributed by atoms with E-state index >= 15 is 0 Å². The summed E-state index contributed by atoms with van der Waals surface area (Å²) >= 11 is 0. The van der Waals surface area contributed by atoms with E-state index in [1.54, 1.807) is 12.1 Å². The van der Waals surface area contributed by atoms with Crippen LogP contribution in [0.15, 0.2) is 42.5 Å². The molecule has 112 valence electrons. The molecule has 0 aliphatic heterocycles. The van der Waals surface area contributed by atoms with Crippen molar-refractivity contribution < 1.29 is 9.47 Å². The first-order valence-electron chi connectivity index (χ1n) is 7.43. The Bertz CT molecular complexity index is 578. The molecule has 2 aromatic carbocycles. The van der Waals surface area contributed by atoms with E-state index in [1.807, 2.05) is 25.1 Å². The minimum absolute atomic E-state index is 0.566. The van der Waals surface area contributed by atoms with Gasteiger partial charge < -0.3 is 15.2 Å². The van der Waals surface area contributed by atoms with Gasteiger partial charge in [-0.3, -0.25) is 0 Å². The first-order chi connectivity index (χ1) is 10.1. The Balaban J connectivity index is 2.14. The molecule has 0 aromatic heterocycles. The van der Waals surface area contributed by atoms with Crippen LogP contribution in [0.5, 0.6) is 17.2 Å². The second-order valence-corrected chi connectivity index (χ2v) is 5.15. The van der Waals surface area contributed by atoms with E-state index in [2.05, 4.69) is 26.0 Å². The third-order valence-corrected chi connectivity index (χ3v) is 3.51. The number of ether oxygens (including phenoxy) is 2. The fourth-order valence-corrected chi connectivity index (χ4v) is 2.14. The minimum atomic E-state index is 0.566. The van der Waals surface area contributed by atoms with Crippen LogP contribution >= 0.6 is 0 Å². The van der Waals surface area contributed by atoms with E-state index in [0.717, 1.165) is 17.9 Å². The van der Waals surface area contributed by atoms with Crippen LogP contribution in [0.25, 0.3) is 0 Å². The Morgan fingerprint density at radius 3 is 2.24 bits per heavy atom. The van der Waals surface area contributed by atoms with E-state index in [4.69, 9.17) is 15.2 Å². The second kappa shape index (κ2) is 7.02. The van der Waals surface area contributed by atoms with Crippen LogP contribution in [-0.4, -0.2) is 6.61 Å². The molecule has 0 amide bonds. The van der Waals surface area contributed by atoms with Crippen molar-refractivity contribution in [3.05, 3.63) is 48.0 Å². The summed E-state index contributed by atoms with van der Waals surface area (Å²) in [5.74, 6) is 2.78. The zero-order chi connectivity index (χ0) is 15.2. The highest BCUT2D eigenvalue weighted by atomic mass is 16.5. The molecule has 0 spiro atoms. The molecule has 0 heterocycles. The maximum absolute atomic E-state index is 5.87. The summed E-state index contributed by atoms with van der Waals surface area (Å²) in [5, 5.41) is 0. The standard InChI is InChI=1S/C18H23NO2/c1-4-13(3)14-6-8-16(9-7-14)21-18-11-15(19)10-17(12-18)20-5-2/h6-13H,4-5,19H2,1-3H3. The van der Waals surface area contributed by atoms with Crippen LogP contribution in [0, 0.1) is 0 Å². The van der Waals surface area contributed by atoms with Gasteiger partial charge in [0.25, 0.3) is 0 Å². The third kappa shape index (κ3) is 4.15. The van der Waals surface area contributed by atoms with Gasteiger partial charge in [0.2, 0.25) is 0 Å². The Morgan fingerprint density at radius 2 is 1.62 bits per heavy atom. The van der Waals surface area contributed by atoms with Gasteiger partial charge in [-0.05, 0) is 37.0 Å². The number of anilines is 1. The van der Waals surface area contributed by atoms with Gasteiger partial charge in [-0.25, -0.2) is 0 Å². The Hall–Kier alpha value is -2.16. The van der Waals surface area contributed by atoms with Crippen LogP contribution in [0.4, 0.5) is 5.69 Å². The number of nitrogen functional groups attached to an aromatic ring is 1. The fraction of sp³-hybridized carbons (Fsp3) is 0.333. The fourth-order valence-electron chi connectivity index (χ4n) is 2.14. The SMILES string of the molecule is CCOc1cc(N)cc(Oc2ccc(C(C)CC)cc2)c1.